The number of nitrogens with zero attached hydrogens (tertiary/aromatic N) is 2. The summed E-state index contributed by atoms with van der Waals surface area (Å²) >= 11 is 5.14. The van der Waals surface area contributed by atoms with Crippen molar-refractivity contribution in [2.45, 2.75) is 6.54 Å². The van der Waals surface area contributed by atoms with Crippen LogP contribution in [-0.2, 0) is 6.54 Å². The van der Waals surface area contributed by atoms with Crippen LogP contribution in [0.1, 0.15) is 16.1 Å². The number of thiocarbonyl (C=S) groups is 1. The number of rotatable bonds is 5. The van der Waals surface area contributed by atoms with E-state index in [1.165, 1.54) is 10.9 Å². The minimum atomic E-state index is -0.610. The first-order chi connectivity index (χ1) is 13.6. The lowest BCUT2D eigenvalue weighted by Gasteiger charge is -2.11. The molecule has 9 heteroatoms. The molecule has 0 unspecified atom stereocenters. The molecule has 0 aliphatic heterocycles. The first-order valence-corrected chi connectivity index (χ1v) is 8.79. The van der Waals surface area contributed by atoms with Crippen LogP contribution in [0.2, 0.25) is 0 Å². The van der Waals surface area contributed by atoms with E-state index in [9.17, 15) is 9.90 Å². The molecular formula is C19H19N5O3S. The van der Waals surface area contributed by atoms with Crippen molar-refractivity contribution in [1.82, 2.24) is 25.9 Å². The number of benzene rings is 2. The van der Waals surface area contributed by atoms with E-state index in [2.05, 4.69) is 21.3 Å². The highest BCUT2D eigenvalue weighted by atomic mass is 32.1. The summed E-state index contributed by atoms with van der Waals surface area (Å²) in [6.45, 7) is 0.472. The average Bonchev–Trinajstić information content (AvgIpc) is 3.13. The van der Waals surface area contributed by atoms with Gasteiger partial charge >= 0.3 is 0 Å². The summed E-state index contributed by atoms with van der Waals surface area (Å²) in [4.78, 5) is 12.2. The van der Waals surface area contributed by atoms with Crippen LogP contribution in [0.15, 0.2) is 60.8 Å². The van der Waals surface area contributed by atoms with E-state index in [0.717, 1.165) is 17.0 Å². The number of methoxy groups -OCH3 is 1. The average molecular weight is 397 g/mol. The molecule has 0 fully saturated rings. The van der Waals surface area contributed by atoms with Crippen molar-refractivity contribution >= 4 is 23.2 Å². The van der Waals surface area contributed by atoms with Gasteiger partial charge < -0.3 is 15.2 Å². The van der Waals surface area contributed by atoms with Gasteiger partial charge in [0.15, 0.2) is 16.6 Å². The van der Waals surface area contributed by atoms with Crippen LogP contribution in [0.25, 0.3) is 5.69 Å². The molecule has 1 aromatic heterocycles. The predicted octanol–water partition coefficient (Wildman–Crippen LogP) is 1.90. The first-order valence-electron chi connectivity index (χ1n) is 8.38. The lowest BCUT2D eigenvalue weighted by atomic mass is 10.2. The summed E-state index contributed by atoms with van der Waals surface area (Å²) in [5.41, 5.74) is 6.60. The van der Waals surface area contributed by atoms with Gasteiger partial charge in [0.25, 0.3) is 5.91 Å². The second-order valence-electron chi connectivity index (χ2n) is 5.75. The Morgan fingerprint density at radius 3 is 2.54 bits per heavy atom. The fourth-order valence-electron chi connectivity index (χ4n) is 2.38. The quantitative estimate of drug-likeness (QED) is 0.385. The minimum absolute atomic E-state index is 0.116. The van der Waals surface area contributed by atoms with E-state index >= 15 is 0 Å². The Hall–Kier alpha value is -3.59. The molecular weight excluding hydrogens is 378 g/mol. The Balaban J connectivity index is 1.52. The van der Waals surface area contributed by atoms with Gasteiger partial charge in [-0.05, 0) is 42.0 Å². The molecule has 4 N–H and O–H groups in total. The second-order valence-corrected chi connectivity index (χ2v) is 6.16. The maximum Gasteiger partial charge on any atom is 0.294 e. The number of ether oxygens (including phenoxy) is 1. The van der Waals surface area contributed by atoms with Crippen LogP contribution in [0, 0.1) is 0 Å². The maximum absolute atomic E-state index is 12.2. The second kappa shape index (κ2) is 8.87. The van der Waals surface area contributed by atoms with Crippen molar-refractivity contribution in [3.05, 3.63) is 72.1 Å². The monoisotopic (exact) mass is 397 g/mol. The summed E-state index contributed by atoms with van der Waals surface area (Å²) in [7, 11) is 1.61. The van der Waals surface area contributed by atoms with Crippen LogP contribution < -0.4 is 20.9 Å². The molecule has 8 nitrogen and oxygen atoms in total. The Morgan fingerprint density at radius 2 is 1.86 bits per heavy atom. The molecule has 0 radical (unpaired) electrons. The van der Waals surface area contributed by atoms with Gasteiger partial charge in [-0.1, -0.05) is 30.3 Å². The van der Waals surface area contributed by atoms with Gasteiger partial charge in [0, 0.05) is 6.54 Å². The largest absolute Gasteiger partial charge is 0.504 e. The zero-order valence-electron chi connectivity index (χ0n) is 15.0. The third-order valence-corrected chi connectivity index (χ3v) is 4.08. The van der Waals surface area contributed by atoms with Gasteiger partial charge in [-0.2, -0.15) is 5.10 Å². The number of amides is 1. The normalized spacial score (nSPS) is 10.2. The zero-order chi connectivity index (χ0) is 19.9. The van der Waals surface area contributed by atoms with Crippen LogP contribution >= 0.6 is 12.2 Å². The van der Waals surface area contributed by atoms with E-state index in [1.807, 2.05) is 54.6 Å². The Morgan fingerprint density at radius 1 is 1.14 bits per heavy atom. The van der Waals surface area contributed by atoms with Crippen LogP contribution in [0.3, 0.4) is 0 Å². The SMILES string of the molecule is COc1ccc(CNC(=S)NNC(=O)c2nn(-c3ccccc3)cc2O)cc1. The third-order valence-electron chi connectivity index (χ3n) is 3.83. The molecule has 2 aromatic carbocycles. The fraction of sp³-hybridized carbons (Fsp3) is 0.105. The highest BCUT2D eigenvalue weighted by Gasteiger charge is 2.17. The number of aromatic nitrogens is 2. The van der Waals surface area contributed by atoms with Gasteiger partial charge in [0.2, 0.25) is 0 Å². The predicted molar refractivity (Wildman–Crippen MR) is 108 cm³/mol. The molecule has 144 valence electrons. The summed E-state index contributed by atoms with van der Waals surface area (Å²) in [6.07, 6.45) is 1.37. The zero-order valence-corrected chi connectivity index (χ0v) is 15.9. The molecule has 0 aliphatic carbocycles. The van der Waals surface area contributed by atoms with Crippen molar-refractivity contribution in [2.75, 3.05) is 7.11 Å². The Labute approximate surface area is 167 Å². The number of hydrogen-bond acceptors (Lipinski definition) is 5. The number of hydrazine groups is 1. The first kappa shape index (κ1) is 19.2. The lowest BCUT2D eigenvalue weighted by molar-refractivity contribution is 0.0935. The molecule has 3 aromatic rings. The Bertz CT molecular complexity index is 957. The number of carbonyl (C=O) groups is 1. The van der Waals surface area contributed by atoms with E-state index in [0.29, 0.717) is 6.54 Å². The third kappa shape index (κ3) is 4.77. The molecule has 28 heavy (non-hydrogen) atoms. The van der Waals surface area contributed by atoms with Crippen LogP contribution in [0.5, 0.6) is 11.5 Å². The molecule has 0 atom stereocenters. The summed E-state index contributed by atoms with van der Waals surface area (Å²) in [6, 6.07) is 16.7. The summed E-state index contributed by atoms with van der Waals surface area (Å²) < 4.78 is 6.53. The molecule has 0 aliphatic rings. The summed E-state index contributed by atoms with van der Waals surface area (Å²) in [5.74, 6) is -0.0764. The van der Waals surface area contributed by atoms with E-state index in [-0.39, 0.29) is 16.6 Å². The van der Waals surface area contributed by atoms with Gasteiger partial charge in [0.1, 0.15) is 5.75 Å². The van der Waals surface area contributed by atoms with Crippen LogP contribution in [0.4, 0.5) is 0 Å². The molecule has 0 saturated heterocycles. The van der Waals surface area contributed by atoms with Crippen molar-refractivity contribution in [1.29, 1.82) is 0 Å². The Kier molecular flexibility index (Phi) is 6.07. The lowest BCUT2D eigenvalue weighted by Crippen LogP contribution is -2.46. The van der Waals surface area contributed by atoms with Crippen molar-refractivity contribution in [2.24, 2.45) is 0 Å². The molecule has 1 heterocycles. The molecule has 0 saturated carbocycles. The number of carbonyl (C=O) groups excluding carboxylic acids is 1. The van der Waals surface area contributed by atoms with E-state index < -0.39 is 5.91 Å². The van der Waals surface area contributed by atoms with Crippen molar-refractivity contribution in [3.8, 4) is 17.2 Å². The fourth-order valence-corrected chi connectivity index (χ4v) is 2.51. The van der Waals surface area contributed by atoms with Crippen LogP contribution in [-0.4, -0.2) is 33.0 Å². The highest BCUT2D eigenvalue weighted by molar-refractivity contribution is 7.80. The van der Waals surface area contributed by atoms with Gasteiger partial charge in [-0.25, -0.2) is 4.68 Å². The van der Waals surface area contributed by atoms with Gasteiger partial charge in [0.05, 0.1) is 19.0 Å². The highest BCUT2D eigenvalue weighted by Crippen LogP contribution is 2.17. The standard InChI is InChI=1S/C19H19N5O3S/c1-27-15-9-7-13(8-10-15)11-20-19(28)22-21-18(26)17-16(25)12-24(23-17)14-5-3-2-4-6-14/h2-10,12,25H,11H2,1H3,(H,21,26)(H2,20,22,28). The molecule has 1 amide bonds. The van der Waals surface area contributed by atoms with Gasteiger partial charge in [-0.3, -0.25) is 15.6 Å². The topological polar surface area (TPSA) is 100 Å². The van der Waals surface area contributed by atoms with Crippen molar-refractivity contribution < 1.29 is 14.6 Å². The number of para-hydroxylation sites is 1. The van der Waals surface area contributed by atoms with Gasteiger partial charge in [-0.15, -0.1) is 0 Å². The number of nitrogens with one attached hydrogen (secondary N) is 3. The minimum Gasteiger partial charge on any atom is -0.504 e. The molecule has 0 bridgehead atoms. The molecule has 3 rings (SSSR count). The number of aromatic hydroxyl groups is 1. The maximum atomic E-state index is 12.2. The summed E-state index contributed by atoms with van der Waals surface area (Å²) in [5, 5.41) is 17.3. The number of hydrogen-bond donors (Lipinski definition) is 4. The smallest absolute Gasteiger partial charge is 0.294 e. The van der Waals surface area contributed by atoms with Crippen molar-refractivity contribution in [3.63, 3.8) is 0 Å². The van der Waals surface area contributed by atoms with E-state index in [1.54, 1.807) is 7.11 Å². The van der Waals surface area contributed by atoms with E-state index in [4.69, 9.17) is 17.0 Å². The molecule has 0 spiro atoms.